The second-order valence-corrected chi connectivity index (χ2v) is 3.60. The normalized spacial score (nSPS) is 17.2. The molecule has 54 valence electrons. The molecule has 1 aromatic heterocycles. The maximum Gasteiger partial charge on any atom is 0.173 e. The molecule has 0 unspecified atom stereocenters. The number of thiophene rings is 1. The lowest BCUT2D eigenvalue weighted by molar-refractivity contribution is 0.308. The summed E-state index contributed by atoms with van der Waals surface area (Å²) in [5, 5.41) is 3.11. The highest BCUT2D eigenvalue weighted by molar-refractivity contribution is 7.11. The van der Waals surface area contributed by atoms with Gasteiger partial charge in [-0.05, 0) is 36.3 Å². The molecule has 2 rings (SSSR count). The molecule has 2 heteroatoms. The fraction of sp³-hybridized carbons (Fsp3) is 0.500. The van der Waals surface area contributed by atoms with Crippen molar-refractivity contribution in [1.29, 1.82) is 0 Å². The fourth-order valence-electron chi connectivity index (χ4n) is 0.830. The quantitative estimate of drug-likeness (QED) is 0.650. The molecule has 1 heterocycles. The summed E-state index contributed by atoms with van der Waals surface area (Å²) >= 11 is 1.67. The van der Waals surface area contributed by atoms with Gasteiger partial charge >= 0.3 is 0 Å². The molecule has 1 aliphatic rings. The van der Waals surface area contributed by atoms with Crippen molar-refractivity contribution >= 4 is 11.3 Å². The summed E-state index contributed by atoms with van der Waals surface area (Å²) in [6, 6.07) is 4.04. The summed E-state index contributed by atoms with van der Waals surface area (Å²) in [5.74, 6) is 0.863. The predicted molar refractivity (Wildman–Crippen MR) is 42.5 cm³/mol. The van der Waals surface area contributed by atoms with Crippen molar-refractivity contribution in [3.8, 4) is 5.06 Å². The maximum atomic E-state index is 5.49. The van der Waals surface area contributed by atoms with Crippen LogP contribution in [-0.4, -0.2) is 6.61 Å². The van der Waals surface area contributed by atoms with Crippen LogP contribution < -0.4 is 4.74 Å². The molecule has 0 aliphatic heterocycles. The van der Waals surface area contributed by atoms with Gasteiger partial charge in [0.05, 0.1) is 6.61 Å². The Morgan fingerprint density at radius 2 is 2.50 bits per heavy atom. The summed E-state index contributed by atoms with van der Waals surface area (Å²) < 4.78 is 5.49. The zero-order valence-corrected chi connectivity index (χ0v) is 6.56. The van der Waals surface area contributed by atoms with Gasteiger partial charge in [0.25, 0.3) is 0 Å². The van der Waals surface area contributed by atoms with E-state index in [0.717, 1.165) is 17.6 Å². The van der Waals surface area contributed by atoms with E-state index in [1.807, 2.05) is 17.5 Å². The highest BCUT2D eigenvalue weighted by Crippen LogP contribution is 2.30. The van der Waals surface area contributed by atoms with Crippen LogP contribution in [0.15, 0.2) is 17.5 Å². The molecule has 0 saturated heterocycles. The molecule has 0 amide bonds. The smallest absolute Gasteiger partial charge is 0.173 e. The third-order valence-corrected chi connectivity index (χ3v) is 2.43. The predicted octanol–water partition coefficient (Wildman–Crippen LogP) is 2.54. The van der Waals surface area contributed by atoms with Crippen LogP contribution in [0.25, 0.3) is 0 Å². The van der Waals surface area contributed by atoms with Gasteiger partial charge in [0, 0.05) is 0 Å². The second-order valence-electron chi connectivity index (χ2n) is 2.69. The van der Waals surface area contributed by atoms with E-state index in [1.54, 1.807) is 11.3 Å². The van der Waals surface area contributed by atoms with Crippen LogP contribution in [0.1, 0.15) is 12.8 Å². The molecule has 1 saturated carbocycles. The monoisotopic (exact) mass is 154 g/mol. The Kier molecular flexibility index (Phi) is 1.63. The first kappa shape index (κ1) is 6.23. The molecule has 0 atom stereocenters. The number of rotatable bonds is 3. The zero-order valence-electron chi connectivity index (χ0n) is 5.75. The molecular formula is C8H10OS. The third kappa shape index (κ3) is 1.51. The summed E-state index contributed by atoms with van der Waals surface area (Å²) in [7, 11) is 0. The Labute approximate surface area is 64.6 Å². The molecule has 10 heavy (non-hydrogen) atoms. The summed E-state index contributed by atoms with van der Waals surface area (Å²) in [5.41, 5.74) is 0. The van der Waals surface area contributed by atoms with E-state index >= 15 is 0 Å². The molecule has 1 nitrogen and oxygen atoms in total. The fourth-order valence-corrected chi connectivity index (χ4v) is 1.41. The Bertz CT molecular complexity index is 189. The number of hydrogen-bond acceptors (Lipinski definition) is 2. The first-order chi connectivity index (χ1) is 4.95. The van der Waals surface area contributed by atoms with Crippen LogP contribution in [0, 0.1) is 5.92 Å². The van der Waals surface area contributed by atoms with E-state index in [-0.39, 0.29) is 0 Å². The van der Waals surface area contributed by atoms with Crippen LogP contribution in [-0.2, 0) is 0 Å². The van der Waals surface area contributed by atoms with Gasteiger partial charge in [0.15, 0.2) is 5.06 Å². The van der Waals surface area contributed by atoms with Crippen molar-refractivity contribution in [3.05, 3.63) is 17.5 Å². The molecule has 0 N–H and O–H groups in total. The van der Waals surface area contributed by atoms with Crippen molar-refractivity contribution in [3.63, 3.8) is 0 Å². The van der Waals surface area contributed by atoms with E-state index < -0.39 is 0 Å². The topological polar surface area (TPSA) is 9.23 Å². The van der Waals surface area contributed by atoms with Crippen molar-refractivity contribution in [2.75, 3.05) is 6.61 Å². The summed E-state index contributed by atoms with van der Waals surface area (Å²) in [6.07, 6.45) is 2.73. The lowest BCUT2D eigenvalue weighted by Crippen LogP contribution is -1.96. The van der Waals surface area contributed by atoms with Crippen LogP contribution in [0.3, 0.4) is 0 Å². The maximum absolute atomic E-state index is 5.49. The molecule has 0 radical (unpaired) electrons. The molecular weight excluding hydrogens is 144 g/mol. The number of ether oxygens (including phenoxy) is 1. The van der Waals surface area contributed by atoms with E-state index in [9.17, 15) is 0 Å². The van der Waals surface area contributed by atoms with Gasteiger partial charge in [-0.15, -0.1) is 11.3 Å². The summed E-state index contributed by atoms with van der Waals surface area (Å²) in [6.45, 7) is 0.931. The Morgan fingerprint density at radius 3 is 3.10 bits per heavy atom. The van der Waals surface area contributed by atoms with Gasteiger partial charge in [-0.1, -0.05) is 0 Å². The summed E-state index contributed by atoms with van der Waals surface area (Å²) in [4.78, 5) is 0. The Morgan fingerprint density at radius 1 is 1.60 bits per heavy atom. The largest absolute Gasteiger partial charge is 0.484 e. The van der Waals surface area contributed by atoms with Gasteiger partial charge in [0.2, 0.25) is 0 Å². The van der Waals surface area contributed by atoms with Crippen LogP contribution in [0.5, 0.6) is 5.06 Å². The van der Waals surface area contributed by atoms with Gasteiger partial charge in [-0.25, -0.2) is 0 Å². The highest BCUT2D eigenvalue weighted by atomic mass is 32.1. The van der Waals surface area contributed by atoms with Crippen molar-refractivity contribution in [1.82, 2.24) is 0 Å². The van der Waals surface area contributed by atoms with Gasteiger partial charge in [-0.3, -0.25) is 0 Å². The highest BCUT2D eigenvalue weighted by Gasteiger charge is 2.21. The molecule has 0 aromatic carbocycles. The third-order valence-electron chi connectivity index (χ3n) is 1.65. The van der Waals surface area contributed by atoms with Crippen LogP contribution in [0.2, 0.25) is 0 Å². The average molecular weight is 154 g/mol. The first-order valence-corrected chi connectivity index (χ1v) is 4.49. The molecule has 1 aliphatic carbocycles. The van der Waals surface area contributed by atoms with Gasteiger partial charge in [0.1, 0.15) is 0 Å². The minimum absolute atomic E-state index is 0.863. The SMILES string of the molecule is c1csc(OCC2CC2)c1. The molecule has 0 bridgehead atoms. The minimum Gasteiger partial charge on any atom is -0.484 e. The second kappa shape index (κ2) is 2.62. The first-order valence-electron chi connectivity index (χ1n) is 3.61. The van der Waals surface area contributed by atoms with E-state index in [2.05, 4.69) is 0 Å². The van der Waals surface area contributed by atoms with E-state index in [0.29, 0.717) is 0 Å². The lowest BCUT2D eigenvalue weighted by atomic mass is 10.5. The van der Waals surface area contributed by atoms with E-state index in [1.165, 1.54) is 12.8 Å². The molecule has 1 aromatic rings. The Hall–Kier alpha value is -0.500. The molecule has 1 fully saturated rings. The minimum atomic E-state index is 0.863. The zero-order chi connectivity index (χ0) is 6.81. The van der Waals surface area contributed by atoms with Crippen molar-refractivity contribution < 1.29 is 4.74 Å². The van der Waals surface area contributed by atoms with Crippen LogP contribution >= 0.6 is 11.3 Å². The standard InChI is InChI=1S/C8H10OS/c1-2-8(10-5-1)9-6-7-3-4-7/h1-2,5,7H,3-4,6H2. The lowest BCUT2D eigenvalue weighted by Gasteiger charge is -1.98. The Balaban J connectivity index is 1.79. The van der Waals surface area contributed by atoms with Crippen LogP contribution in [0.4, 0.5) is 0 Å². The average Bonchev–Trinajstić information content (AvgIpc) is 2.63. The number of hydrogen-bond donors (Lipinski definition) is 0. The van der Waals surface area contributed by atoms with Gasteiger partial charge in [-0.2, -0.15) is 0 Å². The van der Waals surface area contributed by atoms with E-state index in [4.69, 9.17) is 4.74 Å². The molecule has 0 spiro atoms. The van der Waals surface area contributed by atoms with Crippen molar-refractivity contribution in [2.24, 2.45) is 5.92 Å². The van der Waals surface area contributed by atoms with Gasteiger partial charge < -0.3 is 4.74 Å². The van der Waals surface area contributed by atoms with Crippen molar-refractivity contribution in [2.45, 2.75) is 12.8 Å².